The Morgan fingerprint density at radius 2 is 0.561 bits per heavy atom. The Labute approximate surface area is 251 Å². The fourth-order valence-electron chi connectivity index (χ4n) is 3.83. The molecule has 248 valence electrons. The van der Waals surface area contributed by atoms with Gasteiger partial charge in [-0.3, -0.25) is 0 Å². The van der Waals surface area contributed by atoms with Crippen LogP contribution in [0, 0.1) is 0 Å². The van der Waals surface area contributed by atoms with Crippen LogP contribution < -0.4 is 0 Å². The van der Waals surface area contributed by atoms with Crippen molar-refractivity contribution in [2.24, 2.45) is 0 Å². The predicted molar refractivity (Wildman–Crippen MR) is 164 cm³/mol. The largest absolute Gasteiger partial charge is 0.394 e. The SMILES string of the molecule is CCC(O)COC(CC)COC(CC)COC(CC)COC(CC)COC(CC)COC(CC)COC(CC)CO. The van der Waals surface area contributed by atoms with E-state index in [1.807, 2.05) is 13.8 Å². The Bertz CT molecular complexity index is 549. The van der Waals surface area contributed by atoms with Gasteiger partial charge in [0.05, 0.1) is 102 Å². The summed E-state index contributed by atoms with van der Waals surface area (Å²) in [4.78, 5) is 0. The van der Waals surface area contributed by atoms with Crippen LogP contribution in [0.2, 0.25) is 0 Å². The Balaban J connectivity index is 4.49. The van der Waals surface area contributed by atoms with E-state index < -0.39 is 6.10 Å². The molecule has 0 aliphatic heterocycles. The maximum atomic E-state index is 9.76. The Kier molecular flexibility index (Phi) is 27.0. The molecule has 0 radical (unpaired) electrons. The lowest BCUT2D eigenvalue weighted by Gasteiger charge is -2.26. The summed E-state index contributed by atoms with van der Waals surface area (Å²) in [6, 6.07) is 0. The lowest BCUT2D eigenvalue weighted by molar-refractivity contribution is -0.122. The van der Waals surface area contributed by atoms with E-state index in [1.165, 1.54) is 0 Å². The highest BCUT2D eigenvalue weighted by molar-refractivity contribution is 4.66. The monoisotopic (exact) mass is 594 g/mol. The van der Waals surface area contributed by atoms with E-state index in [4.69, 9.17) is 33.2 Å². The first-order valence-electron chi connectivity index (χ1n) is 16.4. The van der Waals surface area contributed by atoms with Crippen LogP contribution >= 0.6 is 0 Å². The zero-order valence-corrected chi connectivity index (χ0v) is 27.7. The molecular weight excluding hydrogens is 528 g/mol. The molecule has 41 heavy (non-hydrogen) atoms. The van der Waals surface area contributed by atoms with Gasteiger partial charge in [0, 0.05) is 0 Å². The highest BCUT2D eigenvalue weighted by atomic mass is 16.6. The van der Waals surface area contributed by atoms with Crippen molar-refractivity contribution in [3.05, 3.63) is 0 Å². The molecule has 0 rings (SSSR count). The van der Waals surface area contributed by atoms with Crippen LogP contribution in [-0.4, -0.2) is 112 Å². The van der Waals surface area contributed by atoms with Gasteiger partial charge in [-0.1, -0.05) is 55.4 Å². The molecule has 0 aromatic carbocycles. The predicted octanol–water partition coefficient (Wildman–Crippen LogP) is 5.32. The van der Waals surface area contributed by atoms with E-state index in [2.05, 4.69) is 41.5 Å². The summed E-state index contributed by atoms with van der Waals surface area (Å²) in [5.74, 6) is 0. The van der Waals surface area contributed by atoms with E-state index >= 15 is 0 Å². The van der Waals surface area contributed by atoms with Gasteiger partial charge in [-0.05, 0) is 51.4 Å². The van der Waals surface area contributed by atoms with Crippen molar-refractivity contribution in [2.45, 2.75) is 156 Å². The lowest BCUT2D eigenvalue weighted by Crippen LogP contribution is -2.33. The van der Waals surface area contributed by atoms with Crippen LogP contribution in [0.3, 0.4) is 0 Å². The Morgan fingerprint density at radius 1 is 0.341 bits per heavy atom. The smallest absolute Gasteiger partial charge is 0.0807 e. The molecule has 9 heteroatoms. The summed E-state index contributed by atoms with van der Waals surface area (Å²) >= 11 is 0. The molecule has 0 aromatic heterocycles. The molecule has 0 aliphatic carbocycles. The van der Waals surface area contributed by atoms with Gasteiger partial charge in [0.15, 0.2) is 0 Å². The highest BCUT2D eigenvalue weighted by Gasteiger charge is 2.19. The van der Waals surface area contributed by atoms with Gasteiger partial charge in [0.25, 0.3) is 0 Å². The molecule has 8 atom stereocenters. The second-order valence-corrected chi connectivity index (χ2v) is 10.8. The van der Waals surface area contributed by atoms with E-state index in [-0.39, 0.29) is 49.3 Å². The molecule has 2 N–H and O–H groups in total. The Morgan fingerprint density at radius 3 is 0.756 bits per heavy atom. The number of hydrogen-bond donors (Lipinski definition) is 2. The summed E-state index contributed by atoms with van der Waals surface area (Å²) in [5, 5.41) is 19.1. The van der Waals surface area contributed by atoms with Gasteiger partial charge in [-0.25, -0.2) is 0 Å². The number of hydrogen-bond acceptors (Lipinski definition) is 9. The molecular formula is C32H66O9. The van der Waals surface area contributed by atoms with Gasteiger partial charge >= 0.3 is 0 Å². The van der Waals surface area contributed by atoms with Crippen LogP contribution in [0.4, 0.5) is 0 Å². The molecule has 0 aromatic rings. The van der Waals surface area contributed by atoms with Gasteiger partial charge < -0.3 is 43.4 Å². The molecule has 0 bridgehead atoms. The topological polar surface area (TPSA) is 105 Å². The van der Waals surface area contributed by atoms with Crippen LogP contribution in [0.1, 0.15) is 107 Å². The summed E-state index contributed by atoms with van der Waals surface area (Å²) in [7, 11) is 0. The van der Waals surface area contributed by atoms with E-state index in [1.54, 1.807) is 0 Å². The molecule has 0 saturated carbocycles. The van der Waals surface area contributed by atoms with Crippen molar-refractivity contribution in [1.29, 1.82) is 0 Å². The van der Waals surface area contributed by atoms with Crippen molar-refractivity contribution in [2.75, 3.05) is 52.9 Å². The minimum atomic E-state index is -0.427. The van der Waals surface area contributed by atoms with Crippen molar-refractivity contribution >= 4 is 0 Å². The summed E-state index contributed by atoms with van der Waals surface area (Å²) < 4.78 is 42.3. The average Bonchev–Trinajstić information content (AvgIpc) is 3.01. The normalized spacial score (nSPS) is 18.0. The second-order valence-electron chi connectivity index (χ2n) is 10.8. The first kappa shape index (κ1) is 40.6. The minimum Gasteiger partial charge on any atom is -0.394 e. The summed E-state index contributed by atoms with van der Waals surface area (Å²) in [6.45, 7) is 19.9. The van der Waals surface area contributed by atoms with Gasteiger partial charge in [-0.15, -0.1) is 0 Å². The standard InChI is InChI=1S/C32H66O9/c1-9-25(34)18-35-27(11-3)20-37-29(13-5)22-39-31(15-7)24-41-32(16-8)23-40-30(14-6)21-38-28(12-4)19-36-26(10-2)17-33/h25-34H,9-24H2,1-8H3. The molecule has 0 aliphatic rings. The third-order valence-electron chi connectivity index (χ3n) is 7.49. The van der Waals surface area contributed by atoms with Crippen LogP contribution in [0.5, 0.6) is 0 Å². The molecule has 0 amide bonds. The summed E-state index contributed by atoms with van der Waals surface area (Å²) in [6.07, 6.45) is 5.90. The molecule has 0 saturated heterocycles. The number of ether oxygens (including phenoxy) is 7. The number of aliphatic hydroxyl groups is 2. The second kappa shape index (κ2) is 27.2. The van der Waals surface area contributed by atoms with Gasteiger partial charge in [0.1, 0.15) is 0 Å². The van der Waals surface area contributed by atoms with Crippen LogP contribution in [-0.2, 0) is 33.2 Å². The van der Waals surface area contributed by atoms with E-state index in [9.17, 15) is 10.2 Å². The van der Waals surface area contributed by atoms with Gasteiger partial charge in [0.2, 0.25) is 0 Å². The average molecular weight is 595 g/mol. The fraction of sp³-hybridized carbons (Fsp3) is 1.00. The third-order valence-corrected chi connectivity index (χ3v) is 7.49. The van der Waals surface area contributed by atoms with Crippen LogP contribution in [0.25, 0.3) is 0 Å². The van der Waals surface area contributed by atoms with Crippen LogP contribution in [0.15, 0.2) is 0 Å². The number of rotatable bonds is 30. The van der Waals surface area contributed by atoms with E-state index in [0.717, 1.165) is 44.9 Å². The van der Waals surface area contributed by atoms with Crippen molar-refractivity contribution < 1.29 is 43.4 Å². The lowest BCUT2D eigenvalue weighted by atomic mass is 10.2. The quantitative estimate of drug-likeness (QED) is 0.114. The maximum absolute atomic E-state index is 9.76. The number of aliphatic hydroxyl groups excluding tert-OH is 2. The van der Waals surface area contributed by atoms with Gasteiger partial charge in [-0.2, -0.15) is 0 Å². The van der Waals surface area contributed by atoms with E-state index in [0.29, 0.717) is 52.7 Å². The summed E-state index contributed by atoms with van der Waals surface area (Å²) in [5.41, 5.74) is 0. The maximum Gasteiger partial charge on any atom is 0.0807 e. The molecule has 8 unspecified atom stereocenters. The molecule has 0 spiro atoms. The fourth-order valence-corrected chi connectivity index (χ4v) is 3.83. The molecule has 0 fully saturated rings. The first-order chi connectivity index (χ1) is 19.8. The minimum absolute atomic E-state index is 0.0108. The van der Waals surface area contributed by atoms with Crippen molar-refractivity contribution in [3.8, 4) is 0 Å². The molecule has 9 nitrogen and oxygen atoms in total. The zero-order chi connectivity index (χ0) is 30.9. The Hall–Kier alpha value is -0.360. The van der Waals surface area contributed by atoms with Crippen molar-refractivity contribution in [3.63, 3.8) is 0 Å². The third kappa shape index (κ3) is 20.3. The molecule has 0 heterocycles. The first-order valence-corrected chi connectivity index (χ1v) is 16.4. The zero-order valence-electron chi connectivity index (χ0n) is 27.7. The highest BCUT2D eigenvalue weighted by Crippen LogP contribution is 2.12. The van der Waals surface area contributed by atoms with Crippen molar-refractivity contribution in [1.82, 2.24) is 0 Å².